The van der Waals surface area contributed by atoms with Crippen LogP contribution >= 0.6 is 0 Å². The van der Waals surface area contributed by atoms with Crippen LogP contribution in [-0.4, -0.2) is 12.1 Å². The Morgan fingerprint density at radius 3 is 2.79 bits per heavy atom. The SMILES string of the molecule is CCC1(C)C(=O)OC2CCCCC21C. The summed E-state index contributed by atoms with van der Waals surface area (Å²) < 4.78 is 5.54. The van der Waals surface area contributed by atoms with Crippen molar-refractivity contribution in [3.8, 4) is 0 Å². The molecule has 0 aromatic rings. The van der Waals surface area contributed by atoms with Gasteiger partial charge in [-0.3, -0.25) is 4.79 Å². The van der Waals surface area contributed by atoms with E-state index in [9.17, 15) is 4.79 Å². The first-order valence-corrected chi connectivity index (χ1v) is 5.76. The van der Waals surface area contributed by atoms with Crippen LogP contribution in [0.3, 0.4) is 0 Å². The standard InChI is InChI=1S/C12H20O2/c1-4-11(2)10(13)14-9-7-5-6-8-12(9,11)3/h9H,4-8H2,1-3H3. The van der Waals surface area contributed by atoms with Crippen LogP contribution in [0, 0.1) is 10.8 Å². The lowest BCUT2D eigenvalue weighted by molar-refractivity contribution is -0.148. The van der Waals surface area contributed by atoms with Gasteiger partial charge in [0, 0.05) is 5.41 Å². The van der Waals surface area contributed by atoms with Crippen LogP contribution in [0.15, 0.2) is 0 Å². The summed E-state index contributed by atoms with van der Waals surface area (Å²) in [5, 5.41) is 0. The van der Waals surface area contributed by atoms with Crippen molar-refractivity contribution in [3.05, 3.63) is 0 Å². The molecule has 0 aromatic heterocycles. The van der Waals surface area contributed by atoms with Crippen molar-refractivity contribution in [3.63, 3.8) is 0 Å². The summed E-state index contributed by atoms with van der Waals surface area (Å²) >= 11 is 0. The van der Waals surface area contributed by atoms with E-state index in [0.717, 1.165) is 19.3 Å². The molecule has 2 fully saturated rings. The highest BCUT2D eigenvalue weighted by Gasteiger charge is 2.61. The van der Waals surface area contributed by atoms with Gasteiger partial charge in [-0.2, -0.15) is 0 Å². The summed E-state index contributed by atoms with van der Waals surface area (Å²) in [6, 6.07) is 0. The average molecular weight is 196 g/mol. The molecular weight excluding hydrogens is 176 g/mol. The van der Waals surface area contributed by atoms with Crippen LogP contribution < -0.4 is 0 Å². The van der Waals surface area contributed by atoms with Crippen LogP contribution in [0.25, 0.3) is 0 Å². The second-order valence-electron chi connectivity index (χ2n) is 5.24. The average Bonchev–Trinajstić information content (AvgIpc) is 2.38. The fourth-order valence-corrected chi connectivity index (χ4v) is 3.16. The van der Waals surface area contributed by atoms with E-state index in [1.807, 2.05) is 0 Å². The monoisotopic (exact) mass is 196 g/mol. The molecule has 2 rings (SSSR count). The molecule has 2 aliphatic rings. The largest absolute Gasteiger partial charge is 0.461 e. The molecule has 2 nitrogen and oxygen atoms in total. The van der Waals surface area contributed by atoms with Gasteiger partial charge in [0.2, 0.25) is 0 Å². The number of carbonyl (C=O) groups excluding carboxylic acids is 1. The Morgan fingerprint density at radius 2 is 2.14 bits per heavy atom. The van der Waals surface area contributed by atoms with Gasteiger partial charge < -0.3 is 4.74 Å². The van der Waals surface area contributed by atoms with Crippen LogP contribution in [0.5, 0.6) is 0 Å². The zero-order chi connectivity index (χ0) is 10.4. The van der Waals surface area contributed by atoms with Gasteiger partial charge >= 0.3 is 5.97 Å². The lowest BCUT2D eigenvalue weighted by atomic mass is 9.58. The summed E-state index contributed by atoms with van der Waals surface area (Å²) in [4.78, 5) is 11.9. The summed E-state index contributed by atoms with van der Waals surface area (Å²) in [5.74, 6) is 0.0365. The topological polar surface area (TPSA) is 26.3 Å². The lowest BCUT2D eigenvalue weighted by Gasteiger charge is -2.42. The number of hydrogen-bond donors (Lipinski definition) is 0. The smallest absolute Gasteiger partial charge is 0.312 e. The van der Waals surface area contributed by atoms with E-state index < -0.39 is 0 Å². The predicted octanol–water partition coefficient (Wildman–Crippen LogP) is 2.91. The maximum atomic E-state index is 11.9. The van der Waals surface area contributed by atoms with E-state index >= 15 is 0 Å². The van der Waals surface area contributed by atoms with Gasteiger partial charge in [0.15, 0.2) is 0 Å². The minimum atomic E-state index is -0.238. The highest BCUT2D eigenvalue weighted by molar-refractivity contribution is 5.80. The Hall–Kier alpha value is -0.530. The van der Waals surface area contributed by atoms with Gasteiger partial charge in [-0.1, -0.05) is 20.3 Å². The minimum Gasteiger partial charge on any atom is -0.461 e. The van der Waals surface area contributed by atoms with Crippen molar-refractivity contribution >= 4 is 5.97 Å². The highest BCUT2D eigenvalue weighted by Crippen LogP contribution is 2.57. The molecule has 0 radical (unpaired) electrons. The van der Waals surface area contributed by atoms with E-state index in [-0.39, 0.29) is 22.9 Å². The number of carbonyl (C=O) groups is 1. The Kier molecular flexibility index (Phi) is 2.13. The van der Waals surface area contributed by atoms with E-state index in [2.05, 4.69) is 20.8 Å². The van der Waals surface area contributed by atoms with Crippen LogP contribution in [0.2, 0.25) is 0 Å². The van der Waals surface area contributed by atoms with Crippen molar-refractivity contribution in [1.29, 1.82) is 0 Å². The van der Waals surface area contributed by atoms with Gasteiger partial charge in [-0.15, -0.1) is 0 Å². The van der Waals surface area contributed by atoms with Crippen molar-refractivity contribution in [2.24, 2.45) is 10.8 Å². The van der Waals surface area contributed by atoms with Gasteiger partial charge in [-0.05, 0) is 32.6 Å². The van der Waals surface area contributed by atoms with Crippen molar-refractivity contribution in [1.82, 2.24) is 0 Å². The molecule has 1 heterocycles. The molecule has 14 heavy (non-hydrogen) atoms. The number of fused-ring (bicyclic) bond motifs is 1. The second kappa shape index (κ2) is 2.98. The van der Waals surface area contributed by atoms with Gasteiger partial charge in [0.05, 0.1) is 5.41 Å². The third-order valence-electron chi connectivity index (χ3n) is 4.79. The second-order valence-corrected chi connectivity index (χ2v) is 5.24. The first-order valence-electron chi connectivity index (χ1n) is 5.76. The molecule has 1 saturated carbocycles. The van der Waals surface area contributed by atoms with E-state index in [1.54, 1.807) is 0 Å². The molecule has 1 aliphatic heterocycles. The number of esters is 1. The van der Waals surface area contributed by atoms with Crippen molar-refractivity contribution in [2.75, 3.05) is 0 Å². The lowest BCUT2D eigenvalue weighted by Crippen LogP contribution is -2.43. The molecule has 1 saturated heterocycles. The van der Waals surface area contributed by atoms with Crippen molar-refractivity contribution in [2.45, 2.75) is 59.0 Å². The van der Waals surface area contributed by atoms with Crippen molar-refractivity contribution < 1.29 is 9.53 Å². The normalized spacial score (nSPS) is 47.4. The molecule has 3 atom stereocenters. The molecule has 0 amide bonds. The van der Waals surface area contributed by atoms with E-state index in [1.165, 1.54) is 12.8 Å². The first kappa shape index (κ1) is 10.0. The fourth-order valence-electron chi connectivity index (χ4n) is 3.16. The van der Waals surface area contributed by atoms with Crippen LogP contribution in [-0.2, 0) is 9.53 Å². The molecule has 3 unspecified atom stereocenters. The van der Waals surface area contributed by atoms with Gasteiger partial charge in [-0.25, -0.2) is 0 Å². The Balaban J connectivity index is 2.37. The zero-order valence-electron chi connectivity index (χ0n) is 9.43. The summed E-state index contributed by atoms with van der Waals surface area (Å²) in [6.07, 6.45) is 5.77. The molecule has 80 valence electrons. The Bertz CT molecular complexity index is 261. The summed E-state index contributed by atoms with van der Waals surface area (Å²) in [6.45, 7) is 6.43. The fraction of sp³-hybridized carbons (Fsp3) is 0.917. The van der Waals surface area contributed by atoms with Gasteiger partial charge in [0.25, 0.3) is 0 Å². The first-order chi connectivity index (χ1) is 6.54. The Morgan fingerprint density at radius 1 is 1.43 bits per heavy atom. The minimum absolute atomic E-state index is 0.0365. The highest BCUT2D eigenvalue weighted by atomic mass is 16.6. The van der Waals surface area contributed by atoms with Crippen LogP contribution in [0.4, 0.5) is 0 Å². The zero-order valence-corrected chi connectivity index (χ0v) is 9.43. The van der Waals surface area contributed by atoms with Gasteiger partial charge in [0.1, 0.15) is 6.10 Å². The molecule has 2 heteroatoms. The molecule has 0 N–H and O–H groups in total. The summed E-state index contributed by atoms with van der Waals surface area (Å²) in [7, 11) is 0. The maximum Gasteiger partial charge on any atom is 0.312 e. The third-order valence-corrected chi connectivity index (χ3v) is 4.79. The number of ether oxygens (including phenoxy) is 1. The number of hydrogen-bond acceptors (Lipinski definition) is 2. The predicted molar refractivity (Wildman–Crippen MR) is 54.9 cm³/mol. The van der Waals surface area contributed by atoms with E-state index in [0.29, 0.717) is 0 Å². The molecule has 0 spiro atoms. The quantitative estimate of drug-likeness (QED) is 0.603. The summed E-state index contributed by atoms with van der Waals surface area (Å²) in [5.41, 5.74) is -0.144. The maximum absolute atomic E-state index is 11.9. The van der Waals surface area contributed by atoms with Crippen LogP contribution in [0.1, 0.15) is 52.9 Å². The van der Waals surface area contributed by atoms with E-state index in [4.69, 9.17) is 4.74 Å². The third kappa shape index (κ3) is 0.999. The Labute approximate surface area is 86.0 Å². The molecule has 0 aromatic carbocycles. The molecule has 1 aliphatic carbocycles. The molecule has 0 bridgehead atoms. The number of rotatable bonds is 1. The molecular formula is C12H20O2.